The van der Waals surface area contributed by atoms with Crippen LogP contribution in [0.1, 0.15) is 11.1 Å². The summed E-state index contributed by atoms with van der Waals surface area (Å²) in [5.74, 6) is 0.848. The lowest BCUT2D eigenvalue weighted by Crippen LogP contribution is -2.14. The van der Waals surface area contributed by atoms with Crippen molar-refractivity contribution >= 4 is 46.4 Å². The average molecular weight is 409 g/mol. The van der Waals surface area contributed by atoms with E-state index in [0.29, 0.717) is 23.2 Å². The van der Waals surface area contributed by atoms with E-state index < -0.39 is 0 Å². The number of benzene rings is 3. The monoisotopic (exact) mass is 407 g/mol. The Hall–Kier alpha value is -1.71. The molecule has 26 heavy (non-hydrogen) atoms. The lowest BCUT2D eigenvalue weighted by Gasteiger charge is -2.15. The van der Waals surface area contributed by atoms with E-state index in [0.717, 1.165) is 23.4 Å². The molecular formula is C21H20Cl3NO. The van der Waals surface area contributed by atoms with Crippen LogP contribution in [0.3, 0.4) is 0 Å². The van der Waals surface area contributed by atoms with Gasteiger partial charge in [-0.25, -0.2) is 0 Å². The lowest BCUT2D eigenvalue weighted by molar-refractivity contribution is 0.303. The summed E-state index contributed by atoms with van der Waals surface area (Å²) in [5.41, 5.74) is 2.04. The summed E-state index contributed by atoms with van der Waals surface area (Å²) in [6.45, 7) is 5.59. The van der Waals surface area contributed by atoms with Gasteiger partial charge < -0.3 is 10.1 Å². The minimum Gasteiger partial charge on any atom is -0.488 e. The highest BCUT2D eigenvalue weighted by molar-refractivity contribution is 6.35. The van der Waals surface area contributed by atoms with Crippen molar-refractivity contribution in [3.05, 3.63) is 88.4 Å². The van der Waals surface area contributed by atoms with E-state index in [-0.39, 0.29) is 12.4 Å². The summed E-state index contributed by atoms with van der Waals surface area (Å²) in [5, 5.41) is 6.96. The fraction of sp³-hybridized carbons (Fsp3) is 0.143. The third-order valence-electron chi connectivity index (χ3n) is 3.99. The van der Waals surface area contributed by atoms with Crippen molar-refractivity contribution in [2.45, 2.75) is 13.2 Å². The Morgan fingerprint density at radius 1 is 1.04 bits per heavy atom. The standard InChI is InChI=1S/C21H19Cl2NO.ClH/c1-2-11-24-13-19-18-6-4-3-5-15(18)8-10-21(19)25-14-16-7-9-17(22)12-20(16)23;/h2-10,12,24H,1,11,13-14H2;1H. The molecule has 2 nitrogen and oxygen atoms in total. The maximum absolute atomic E-state index is 6.25. The Balaban J connectivity index is 0.00000243. The molecule has 0 aliphatic rings. The van der Waals surface area contributed by atoms with Gasteiger partial charge in [0, 0.05) is 34.3 Å². The van der Waals surface area contributed by atoms with E-state index in [1.54, 1.807) is 6.07 Å². The van der Waals surface area contributed by atoms with Gasteiger partial charge in [0.15, 0.2) is 0 Å². The van der Waals surface area contributed by atoms with Crippen LogP contribution in [0.15, 0.2) is 67.3 Å². The van der Waals surface area contributed by atoms with Crippen molar-refractivity contribution in [3.8, 4) is 5.75 Å². The summed E-state index contributed by atoms with van der Waals surface area (Å²) in [7, 11) is 0. The van der Waals surface area contributed by atoms with Crippen molar-refractivity contribution in [3.63, 3.8) is 0 Å². The van der Waals surface area contributed by atoms with E-state index >= 15 is 0 Å². The first kappa shape index (κ1) is 20.6. The highest BCUT2D eigenvalue weighted by Crippen LogP contribution is 2.30. The molecule has 0 aliphatic heterocycles. The van der Waals surface area contributed by atoms with Crippen molar-refractivity contribution in [1.82, 2.24) is 5.32 Å². The van der Waals surface area contributed by atoms with Gasteiger partial charge in [0.05, 0.1) is 0 Å². The summed E-state index contributed by atoms with van der Waals surface area (Å²) in [6, 6.07) is 17.8. The van der Waals surface area contributed by atoms with Gasteiger partial charge in [0.1, 0.15) is 12.4 Å². The van der Waals surface area contributed by atoms with Crippen molar-refractivity contribution in [2.75, 3.05) is 6.54 Å². The molecule has 3 rings (SSSR count). The minimum absolute atomic E-state index is 0. The number of hydrogen-bond acceptors (Lipinski definition) is 2. The summed E-state index contributed by atoms with van der Waals surface area (Å²) in [6.07, 6.45) is 1.85. The lowest BCUT2D eigenvalue weighted by atomic mass is 10.0. The van der Waals surface area contributed by atoms with Crippen LogP contribution in [0.25, 0.3) is 10.8 Å². The Bertz CT molecular complexity index is 896. The molecule has 3 aromatic carbocycles. The van der Waals surface area contributed by atoms with Crippen LogP contribution in [0.5, 0.6) is 5.75 Å². The summed E-state index contributed by atoms with van der Waals surface area (Å²) >= 11 is 12.2. The molecule has 0 fully saturated rings. The van der Waals surface area contributed by atoms with Gasteiger partial charge in [-0.2, -0.15) is 0 Å². The molecule has 3 aromatic rings. The van der Waals surface area contributed by atoms with Gasteiger partial charge in [-0.05, 0) is 29.0 Å². The van der Waals surface area contributed by atoms with Crippen molar-refractivity contribution in [1.29, 1.82) is 0 Å². The van der Waals surface area contributed by atoms with Crippen LogP contribution in [-0.4, -0.2) is 6.54 Å². The highest BCUT2D eigenvalue weighted by Gasteiger charge is 2.10. The molecule has 0 aromatic heterocycles. The Morgan fingerprint density at radius 3 is 2.62 bits per heavy atom. The van der Waals surface area contributed by atoms with Crippen LogP contribution in [0.2, 0.25) is 10.0 Å². The van der Waals surface area contributed by atoms with Crippen LogP contribution >= 0.6 is 35.6 Å². The molecular weight excluding hydrogens is 389 g/mol. The van der Waals surface area contributed by atoms with Gasteiger partial charge in [-0.3, -0.25) is 0 Å². The molecule has 0 unspecified atom stereocenters. The van der Waals surface area contributed by atoms with Crippen LogP contribution < -0.4 is 10.1 Å². The van der Waals surface area contributed by atoms with Gasteiger partial charge in [0.2, 0.25) is 0 Å². The van der Waals surface area contributed by atoms with Gasteiger partial charge >= 0.3 is 0 Å². The minimum atomic E-state index is 0. The van der Waals surface area contributed by atoms with E-state index in [9.17, 15) is 0 Å². The van der Waals surface area contributed by atoms with Crippen molar-refractivity contribution < 1.29 is 4.74 Å². The molecule has 1 N–H and O–H groups in total. The van der Waals surface area contributed by atoms with E-state index in [4.69, 9.17) is 27.9 Å². The number of halogens is 3. The number of hydrogen-bond donors (Lipinski definition) is 1. The zero-order chi connectivity index (χ0) is 17.6. The number of nitrogens with one attached hydrogen (secondary N) is 1. The summed E-state index contributed by atoms with van der Waals surface area (Å²) in [4.78, 5) is 0. The molecule has 0 spiro atoms. The molecule has 0 atom stereocenters. The first-order valence-corrected chi connectivity index (χ1v) is 8.83. The third kappa shape index (κ3) is 4.93. The first-order chi connectivity index (χ1) is 12.2. The number of ether oxygens (including phenoxy) is 1. The molecule has 0 saturated heterocycles. The number of rotatable bonds is 7. The van der Waals surface area contributed by atoms with Gasteiger partial charge in [0.25, 0.3) is 0 Å². The van der Waals surface area contributed by atoms with E-state index in [1.165, 1.54) is 10.8 Å². The first-order valence-electron chi connectivity index (χ1n) is 8.08. The Morgan fingerprint density at radius 2 is 1.85 bits per heavy atom. The van der Waals surface area contributed by atoms with Crippen LogP contribution in [0, 0.1) is 0 Å². The second-order valence-corrected chi connectivity index (χ2v) is 6.55. The fourth-order valence-corrected chi connectivity index (χ4v) is 3.19. The molecule has 0 bridgehead atoms. The van der Waals surface area contributed by atoms with Crippen LogP contribution in [0.4, 0.5) is 0 Å². The van der Waals surface area contributed by atoms with E-state index in [1.807, 2.05) is 36.4 Å². The second kappa shape index (κ2) is 9.84. The Kier molecular flexibility index (Phi) is 7.80. The second-order valence-electron chi connectivity index (χ2n) is 5.71. The SMILES string of the molecule is C=CCNCc1c(OCc2ccc(Cl)cc2Cl)ccc2ccccc12.Cl. The molecule has 0 amide bonds. The highest BCUT2D eigenvalue weighted by atomic mass is 35.5. The maximum Gasteiger partial charge on any atom is 0.124 e. The molecule has 0 heterocycles. The van der Waals surface area contributed by atoms with E-state index in [2.05, 4.69) is 30.1 Å². The summed E-state index contributed by atoms with van der Waals surface area (Å²) < 4.78 is 6.09. The predicted molar refractivity (Wildman–Crippen MR) is 114 cm³/mol. The molecule has 5 heteroatoms. The zero-order valence-corrected chi connectivity index (χ0v) is 16.5. The number of fused-ring (bicyclic) bond motifs is 1. The normalized spacial score (nSPS) is 10.4. The van der Waals surface area contributed by atoms with Crippen LogP contribution in [-0.2, 0) is 13.2 Å². The quantitative estimate of drug-likeness (QED) is 0.359. The average Bonchev–Trinajstić information content (AvgIpc) is 2.62. The topological polar surface area (TPSA) is 21.3 Å². The van der Waals surface area contributed by atoms with Gasteiger partial charge in [-0.1, -0.05) is 65.7 Å². The third-order valence-corrected chi connectivity index (χ3v) is 4.57. The molecule has 136 valence electrons. The Labute approximate surface area is 170 Å². The maximum atomic E-state index is 6.25. The zero-order valence-electron chi connectivity index (χ0n) is 14.2. The largest absolute Gasteiger partial charge is 0.488 e. The van der Waals surface area contributed by atoms with Crippen molar-refractivity contribution in [2.24, 2.45) is 0 Å². The fourth-order valence-electron chi connectivity index (χ4n) is 2.73. The van der Waals surface area contributed by atoms with Gasteiger partial charge in [-0.15, -0.1) is 19.0 Å². The molecule has 0 saturated carbocycles. The predicted octanol–water partition coefficient (Wildman–Crippen LogP) is 6.42. The smallest absolute Gasteiger partial charge is 0.124 e. The molecule has 0 aliphatic carbocycles. The molecule has 0 radical (unpaired) electrons.